The van der Waals surface area contributed by atoms with E-state index < -0.39 is 6.61 Å². The van der Waals surface area contributed by atoms with Gasteiger partial charge >= 0.3 is 6.61 Å². The molecule has 3 aromatic rings. The van der Waals surface area contributed by atoms with E-state index in [0.717, 1.165) is 24.3 Å². The molecule has 0 saturated carbocycles. The fourth-order valence-corrected chi connectivity index (χ4v) is 3.98. The zero-order valence-electron chi connectivity index (χ0n) is 15.8. The van der Waals surface area contributed by atoms with Crippen molar-refractivity contribution in [2.24, 2.45) is 0 Å². The summed E-state index contributed by atoms with van der Waals surface area (Å²) in [5.41, 5.74) is 2.86. The Morgan fingerprint density at radius 1 is 1.24 bits per heavy atom. The van der Waals surface area contributed by atoms with Gasteiger partial charge in [-0.2, -0.15) is 14.0 Å². The second-order valence-electron chi connectivity index (χ2n) is 6.86. The molecule has 0 spiro atoms. The smallest absolute Gasteiger partial charge is 0.387 e. The SMILES string of the molecule is COc1ccccc1C1CCN(c2c(C#N)cnc3ccc(OC(F)F)cc23)C1. The van der Waals surface area contributed by atoms with Crippen LogP contribution in [0.4, 0.5) is 14.5 Å². The quantitative estimate of drug-likeness (QED) is 0.626. The van der Waals surface area contributed by atoms with Crippen LogP contribution < -0.4 is 14.4 Å². The number of para-hydroxylation sites is 1. The number of nitriles is 1. The topological polar surface area (TPSA) is 58.4 Å². The van der Waals surface area contributed by atoms with E-state index in [0.29, 0.717) is 28.7 Å². The van der Waals surface area contributed by atoms with Gasteiger partial charge in [0.15, 0.2) is 0 Å². The van der Waals surface area contributed by atoms with Gasteiger partial charge in [0.25, 0.3) is 0 Å². The van der Waals surface area contributed by atoms with Crippen LogP contribution in [-0.4, -0.2) is 31.8 Å². The number of methoxy groups -OCH3 is 1. The lowest BCUT2D eigenvalue weighted by molar-refractivity contribution is -0.0497. The number of hydrogen-bond acceptors (Lipinski definition) is 5. The molecule has 148 valence electrons. The van der Waals surface area contributed by atoms with Gasteiger partial charge in [0.2, 0.25) is 0 Å². The first-order valence-corrected chi connectivity index (χ1v) is 9.26. The molecule has 1 aliphatic heterocycles. The highest BCUT2D eigenvalue weighted by atomic mass is 19.3. The summed E-state index contributed by atoms with van der Waals surface area (Å²) in [4.78, 5) is 6.41. The number of anilines is 1. The Labute approximate surface area is 167 Å². The minimum absolute atomic E-state index is 0.0473. The first kappa shape index (κ1) is 18.9. The lowest BCUT2D eigenvalue weighted by Gasteiger charge is -2.22. The monoisotopic (exact) mass is 395 g/mol. The molecule has 0 amide bonds. The maximum Gasteiger partial charge on any atom is 0.387 e. The van der Waals surface area contributed by atoms with Gasteiger partial charge in [0.05, 0.1) is 23.9 Å². The average molecular weight is 395 g/mol. The van der Waals surface area contributed by atoms with E-state index in [2.05, 4.69) is 26.8 Å². The van der Waals surface area contributed by atoms with E-state index in [1.165, 1.54) is 18.3 Å². The van der Waals surface area contributed by atoms with E-state index in [-0.39, 0.29) is 11.7 Å². The summed E-state index contributed by atoms with van der Waals surface area (Å²) in [5.74, 6) is 1.12. The van der Waals surface area contributed by atoms with Gasteiger partial charge in [-0.15, -0.1) is 0 Å². The Hall–Kier alpha value is -3.40. The molecule has 2 heterocycles. The number of nitrogens with zero attached hydrogens (tertiary/aromatic N) is 3. The Kier molecular flexibility index (Phi) is 5.17. The highest BCUT2D eigenvalue weighted by Gasteiger charge is 2.29. The zero-order chi connectivity index (χ0) is 20.4. The number of fused-ring (bicyclic) bond motifs is 1. The van der Waals surface area contributed by atoms with E-state index in [4.69, 9.17) is 4.74 Å². The van der Waals surface area contributed by atoms with E-state index in [1.807, 2.05) is 18.2 Å². The Balaban J connectivity index is 1.74. The van der Waals surface area contributed by atoms with Crippen LogP contribution in [0.25, 0.3) is 10.9 Å². The standard InChI is InChI=1S/C22H19F2N3O2/c1-28-20-5-3-2-4-17(20)14-8-9-27(13-14)21-15(11-25)12-26-19-7-6-16(10-18(19)21)29-22(23)24/h2-7,10,12,14,22H,8-9,13H2,1H3. The van der Waals surface area contributed by atoms with Gasteiger partial charge in [-0.05, 0) is 36.2 Å². The van der Waals surface area contributed by atoms with Crippen molar-refractivity contribution in [1.29, 1.82) is 5.26 Å². The van der Waals surface area contributed by atoms with Crippen molar-refractivity contribution >= 4 is 16.6 Å². The Morgan fingerprint density at radius 3 is 2.83 bits per heavy atom. The third kappa shape index (κ3) is 3.66. The van der Waals surface area contributed by atoms with Gasteiger partial charge in [0.1, 0.15) is 17.6 Å². The summed E-state index contributed by atoms with van der Waals surface area (Å²) in [7, 11) is 1.65. The number of hydrogen-bond donors (Lipinski definition) is 0. The molecule has 1 saturated heterocycles. The van der Waals surface area contributed by atoms with E-state index in [9.17, 15) is 14.0 Å². The summed E-state index contributed by atoms with van der Waals surface area (Å²) >= 11 is 0. The van der Waals surface area contributed by atoms with Gasteiger partial charge in [-0.1, -0.05) is 18.2 Å². The predicted octanol–water partition coefficient (Wildman–Crippen LogP) is 4.71. The Morgan fingerprint density at radius 2 is 2.07 bits per heavy atom. The van der Waals surface area contributed by atoms with Gasteiger partial charge in [-0.25, -0.2) is 0 Å². The van der Waals surface area contributed by atoms with Crippen molar-refractivity contribution in [2.75, 3.05) is 25.1 Å². The van der Waals surface area contributed by atoms with Gasteiger partial charge < -0.3 is 14.4 Å². The minimum atomic E-state index is -2.91. The lowest BCUT2D eigenvalue weighted by Crippen LogP contribution is -2.21. The van der Waals surface area contributed by atoms with Crippen LogP contribution in [-0.2, 0) is 0 Å². The molecule has 0 bridgehead atoms. The van der Waals surface area contributed by atoms with E-state index in [1.54, 1.807) is 13.2 Å². The number of pyridine rings is 1. The third-order valence-electron chi connectivity index (χ3n) is 5.24. The Bertz CT molecular complexity index is 1080. The van der Waals surface area contributed by atoms with Crippen molar-refractivity contribution < 1.29 is 18.3 Å². The van der Waals surface area contributed by atoms with Crippen LogP contribution in [0.3, 0.4) is 0 Å². The molecule has 0 aliphatic carbocycles. The molecule has 2 aromatic carbocycles. The van der Waals surface area contributed by atoms with Crippen molar-refractivity contribution in [1.82, 2.24) is 4.98 Å². The number of aromatic nitrogens is 1. The number of halogens is 2. The van der Waals surface area contributed by atoms with E-state index >= 15 is 0 Å². The molecule has 1 fully saturated rings. The normalized spacial score (nSPS) is 16.2. The summed E-state index contributed by atoms with van der Waals surface area (Å²) in [6.07, 6.45) is 2.42. The van der Waals surface area contributed by atoms with Crippen LogP contribution in [0.1, 0.15) is 23.5 Å². The van der Waals surface area contributed by atoms with Crippen LogP contribution in [0.5, 0.6) is 11.5 Å². The molecular formula is C22H19F2N3O2. The fourth-order valence-electron chi connectivity index (χ4n) is 3.98. The summed E-state index contributed by atoms with van der Waals surface area (Å²) < 4.78 is 35.4. The average Bonchev–Trinajstić information content (AvgIpc) is 3.21. The molecule has 4 rings (SSSR count). The van der Waals surface area contributed by atoms with Gasteiger partial charge in [-0.3, -0.25) is 4.98 Å². The molecule has 1 aromatic heterocycles. The van der Waals surface area contributed by atoms with Gasteiger partial charge in [0, 0.05) is 30.6 Å². The number of ether oxygens (including phenoxy) is 2. The molecule has 5 nitrogen and oxygen atoms in total. The maximum atomic E-state index is 12.7. The lowest BCUT2D eigenvalue weighted by atomic mass is 9.97. The largest absolute Gasteiger partial charge is 0.496 e. The highest BCUT2D eigenvalue weighted by Crippen LogP contribution is 2.39. The molecule has 0 radical (unpaired) electrons. The summed E-state index contributed by atoms with van der Waals surface area (Å²) in [6, 6.07) is 14.7. The van der Waals surface area contributed by atoms with Crippen LogP contribution in [0.15, 0.2) is 48.7 Å². The first-order chi connectivity index (χ1) is 14.1. The molecular weight excluding hydrogens is 376 g/mol. The molecule has 7 heteroatoms. The zero-order valence-corrected chi connectivity index (χ0v) is 15.8. The van der Waals surface area contributed by atoms with Crippen LogP contribution in [0, 0.1) is 11.3 Å². The molecule has 1 aliphatic rings. The molecule has 0 N–H and O–H groups in total. The second-order valence-corrected chi connectivity index (χ2v) is 6.86. The summed E-state index contributed by atoms with van der Waals surface area (Å²) in [6.45, 7) is -1.49. The maximum absolute atomic E-state index is 12.7. The van der Waals surface area contributed by atoms with Crippen molar-refractivity contribution in [3.8, 4) is 17.6 Å². The van der Waals surface area contributed by atoms with Crippen LogP contribution in [0.2, 0.25) is 0 Å². The van der Waals surface area contributed by atoms with Crippen molar-refractivity contribution in [3.63, 3.8) is 0 Å². The summed E-state index contributed by atoms with van der Waals surface area (Å²) in [5, 5.41) is 10.3. The van der Waals surface area contributed by atoms with Crippen molar-refractivity contribution in [3.05, 3.63) is 59.8 Å². The first-order valence-electron chi connectivity index (χ1n) is 9.26. The highest BCUT2D eigenvalue weighted by molar-refractivity contribution is 5.95. The number of alkyl halides is 2. The van der Waals surface area contributed by atoms with Crippen molar-refractivity contribution in [2.45, 2.75) is 19.0 Å². The predicted molar refractivity (Wildman–Crippen MR) is 106 cm³/mol. The van der Waals surface area contributed by atoms with Crippen LogP contribution >= 0.6 is 0 Å². The third-order valence-corrected chi connectivity index (χ3v) is 5.24. The molecule has 29 heavy (non-hydrogen) atoms. The number of benzene rings is 2. The molecule has 1 atom stereocenters. The second kappa shape index (κ2) is 7.92. The fraction of sp³-hybridized carbons (Fsp3) is 0.273. The molecule has 1 unspecified atom stereocenters. The minimum Gasteiger partial charge on any atom is -0.496 e. The number of rotatable bonds is 5.